The second-order valence-corrected chi connectivity index (χ2v) is 8.48. The van der Waals surface area contributed by atoms with Crippen LogP contribution in [-0.4, -0.2) is 45.9 Å². The molecule has 0 amide bonds. The molecule has 3 aromatic rings. The van der Waals surface area contributed by atoms with Crippen molar-refractivity contribution in [3.8, 4) is 5.69 Å². The molecular formula is C23H30N8. The third kappa shape index (κ3) is 4.02. The minimum atomic E-state index is 0.161. The quantitative estimate of drug-likeness (QED) is 0.671. The predicted molar refractivity (Wildman–Crippen MR) is 125 cm³/mol. The molecule has 2 aliphatic rings. The van der Waals surface area contributed by atoms with Crippen LogP contribution < -0.4 is 21.3 Å². The van der Waals surface area contributed by atoms with Gasteiger partial charge in [-0.15, -0.1) is 5.10 Å². The Morgan fingerprint density at radius 3 is 2.29 bits per heavy atom. The molecule has 4 N–H and O–H groups in total. The molecule has 8 heteroatoms. The first-order chi connectivity index (χ1) is 15.2. The van der Waals surface area contributed by atoms with Crippen LogP contribution in [0.1, 0.15) is 43.6 Å². The van der Waals surface area contributed by atoms with E-state index in [0.29, 0.717) is 5.92 Å². The van der Waals surface area contributed by atoms with Crippen LogP contribution in [0.4, 0.5) is 23.4 Å². The zero-order chi connectivity index (χ0) is 21.2. The van der Waals surface area contributed by atoms with Gasteiger partial charge in [0, 0.05) is 31.9 Å². The predicted octanol–water partition coefficient (Wildman–Crippen LogP) is 3.20. The molecule has 5 rings (SSSR count). The minimum Gasteiger partial charge on any atom is -0.371 e. The Kier molecular flexibility index (Phi) is 5.36. The molecule has 2 aromatic heterocycles. The Bertz CT molecular complexity index is 1010. The lowest BCUT2D eigenvalue weighted by molar-refractivity contribution is 0.499. The summed E-state index contributed by atoms with van der Waals surface area (Å²) in [4.78, 5) is 13.5. The molecular weight excluding hydrogens is 388 g/mol. The van der Waals surface area contributed by atoms with Crippen molar-refractivity contribution in [1.29, 1.82) is 0 Å². The fourth-order valence-electron chi connectivity index (χ4n) is 4.90. The van der Waals surface area contributed by atoms with Crippen LogP contribution in [0.15, 0.2) is 42.6 Å². The fraction of sp³-hybridized carbons (Fsp3) is 0.435. The zero-order valence-corrected chi connectivity index (χ0v) is 17.8. The highest BCUT2D eigenvalue weighted by Crippen LogP contribution is 2.36. The van der Waals surface area contributed by atoms with Crippen molar-refractivity contribution < 1.29 is 0 Å². The Labute approximate surface area is 182 Å². The number of nitrogens with two attached hydrogens (primary N) is 2. The smallest absolute Gasteiger partial charge is 0.241 e. The lowest BCUT2D eigenvalue weighted by Crippen LogP contribution is -2.35. The molecule has 0 saturated carbocycles. The van der Waals surface area contributed by atoms with Gasteiger partial charge < -0.3 is 21.3 Å². The van der Waals surface area contributed by atoms with Crippen LogP contribution in [0.25, 0.3) is 5.69 Å². The molecule has 4 heterocycles. The number of nitrogens with zero attached hydrogens (tertiary/aromatic N) is 6. The number of para-hydroxylation sites is 1. The number of hydrogen-bond donors (Lipinski definition) is 2. The fourth-order valence-corrected chi connectivity index (χ4v) is 4.90. The number of aromatic nitrogens is 4. The van der Waals surface area contributed by atoms with E-state index in [9.17, 15) is 0 Å². The first-order valence-corrected chi connectivity index (χ1v) is 11.2. The van der Waals surface area contributed by atoms with Crippen LogP contribution in [0.5, 0.6) is 0 Å². The molecule has 8 nitrogen and oxygen atoms in total. The molecule has 0 aliphatic carbocycles. The van der Waals surface area contributed by atoms with Crippen LogP contribution in [0.3, 0.4) is 0 Å². The van der Waals surface area contributed by atoms with Gasteiger partial charge in [-0.3, -0.25) is 0 Å². The third-order valence-corrected chi connectivity index (χ3v) is 6.52. The van der Waals surface area contributed by atoms with Gasteiger partial charge in [-0.05, 0) is 61.8 Å². The zero-order valence-electron chi connectivity index (χ0n) is 17.8. The van der Waals surface area contributed by atoms with E-state index in [-0.39, 0.29) is 11.9 Å². The molecule has 2 saturated heterocycles. The van der Waals surface area contributed by atoms with E-state index < -0.39 is 0 Å². The van der Waals surface area contributed by atoms with E-state index in [1.54, 1.807) is 6.20 Å². The summed E-state index contributed by atoms with van der Waals surface area (Å²) in [5.41, 5.74) is 15.2. The van der Waals surface area contributed by atoms with E-state index in [1.165, 1.54) is 48.3 Å². The third-order valence-electron chi connectivity index (χ3n) is 6.52. The van der Waals surface area contributed by atoms with Crippen molar-refractivity contribution in [2.45, 2.75) is 38.0 Å². The summed E-state index contributed by atoms with van der Waals surface area (Å²) in [5, 5.41) is 4.11. The summed E-state index contributed by atoms with van der Waals surface area (Å²) in [7, 11) is 0. The van der Waals surface area contributed by atoms with Crippen molar-refractivity contribution in [2.75, 3.05) is 47.4 Å². The van der Waals surface area contributed by atoms with Gasteiger partial charge in [0.15, 0.2) is 0 Å². The second-order valence-electron chi connectivity index (χ2n) is 8.48. The van der Waals surface area contributed by atoms with Crippen molar-refractivity contribution in [3.63, 3.8) is 0 Å². The monoisotopic (exact) mass is 418 g/mol. The van der Waals surface area contributed by atoms with Crippen molar-refractivity contribution >= 4 is 23.4 Å². The average molecular weight is 419 g/mol. The first-order valence-electron chi connectivity index (χ1n) is 11.2. The van der Waals surface area contributed by atoms with Gasteiger partial charge in [-0.25, -0.2) is 4.98 Å². The average Bonchev–Trinajstić information content (AvgIpc) is 3.17. The van der Waals surface area contributed by atoms with E-state index >= 15 is 0 Å². The molecule has 0 spiro atoms. The van der Waals surface area contributed by atoms with Crippen molar-refractivity contribution in [3.05, 3.63) is 48.2 Å². The minimum absolute atomic E-state index is 0.161. The lowest BCUT2D eigenvalue weighted by Gasteiger charge is -2.36. The van der Waals surface area contributed by atoms with Crippen LogP contribution in [0, 0.1) is 0 Å². The topological polar surface area (TPSA) is 102 Å². The van der Waals surface area contributed by atoms with Gasteiger partial charge in [-0.1, -0.05) is 18.2 Å². The highest BCUT2D eigenvalue weighted by molar-refractivity contribution is 5.56. The van der Waals surface area contributed by atoms with Crippen molar-refractivity contribution in [2.24, 2.45) is 0 Å². The number of hydrogen-bond acceptors (Lipinski definition) is 7. The van der Waals surface area contributed by atoms with E-state index in [1.807, 2.05) is 12.1 Å². The Balaban J connectivity index is 1.26. The molecule has 1 aromatic carbocycles. The molecule has 31 heavy (non-hydrogen) atoms. The normalized spacial score (nSPS) is 17.8. The highest BCUT2D eigenvalue weighted by atomic mass is 15.4. The SMILES string of the molecule is Nc1nc(N)n(-c2ccc(N3CCC(c4ccccc4N4CCCCC4)CC3)nc2)n1. The number of pyridine rings is 1. The summed E-state index contributed by atoms with van der Waals surface area (Å²) in [5.74, 6) is 2.01. The van der Waals surface area contributed by atoms with E-state index in [4.69, 9.17) is 11.5 Å². The van der Waals surface area contributed by atoms with Gasteiger partial charge >= 0.3 is 0 Å². The Morgan fingerprint density at radius 2 is 1.61 bits per heavy atom. The van der Waals surface area contributed by atoms with E-state index in [2.05, 4.69) is 49.1 Å². The van der Waals surface area contributed by atoms with Crippen molar-refractivity contribution in [1.82, 2.24) is 19.7 Å². The summed E-state index contributed by atoms with van der Waals surface area (Å²) < 4.78 is 1.51. The molecule has 0 atom stereocenters. The maximum absolute atomic E-state index is 5.86. The molecule has 2 aliphatic heterocycles. The Hall–Kier alpha value is -3.29. The number of rotatable bonds is 4. The molecule has 0 unspecified atom stereocenters. The summed E-state index contributed by atoms with van der Waals surface area (Å²) in [6, 6.07) is 13.0. The van der Waals surface area contributed by atoms with Gasteiger partial charge in [0.2, 0.25) is 11.9 Å². The van der Waals surface area contributed by atoms with Crippen LogP contribution >= 0.6 is 0 Å². The summed E-state index contributed by atoms with van der Waals surface area (Å²) >= 11 is 0. The molecule has 0 bridgehead atoms. The van der Waals surface area contributed by atoms with Gasteiger partial charge in [-0.2, -0.15) is 9.67 Å². The van der Waals surface area contributed by atoms with Crippen LogP contribution in [-0.2, 0) is 0 Å². The van der Waals surface area contributed by atoms with Crippen LogP contribution in [0.2, 0.25) is 0 Å². The number of anilines is 4. The van der Waals surface area contributed by atoms with Gasteiger partial charge in [0.05, 0.1) is 11.9 Å². The maximum atomic E-state index is 5.86. The highest BCUT2D eigenvalue weighted by Gasteiger charge is 2.25. The summed E-state index contributed by atoms with van der Waals surface area (Å²) in [6.07, 6.45) is 8.03. The van der Waals surface area contributed by atoms with Gasteiger partial charge in [0.25, 0.3) is 0 Å². The maximum Gasteiger partial charge on any atom is 0.241 e. The lowest BCUT2D eigenvalue weighted by atomic mass is 9.87. The molecule has 162 valence electrons. The Morgan fingerprint density at radius 1 is 0.839 bits per heavy atom. The number of benzene rings is 1. The van der Waals surface area contributed by atoms with Gasteiger partial charge in [0.1, 0.15) is 5.82 Å². The number of nitrogen functional groups attached to an aromatic ring is 2. The largest absolute Gasteiger partial charge is 0.371 e. The van der Waals surface area contributed by atoms with E-state index in [0.717, 1.165) is 37.4 Å². The number of piperidine rings is 2. The molecule has 2 fully saturated rings. The summed E-state index contributed by atoms with van der Waals surface area (Å²) in [6.45, 7) is 4.38. The first kappa shape index (κ1) is 19.7. The molecule has 0 radical (unpaired) electrons. The second kappa shape index (κ2) is 8.45. The standard InChI is InChI=1S/C23H30N8/c24-22-27-23(25)31(28-22)18-8-9-21(26-16-18)30-14-10-17(11-15-30)19-6-2-3-7-20(19)29-12-4-1-5-13-29/h2-3,6-9,16-17H,1,4-5,10-15H2,(H4,24,25,27,28).